The number of piperidine rings is 1. The zero-order valence-corrected chi connectivity index (χ0v) is 11.9. The van der Waals surface area contributed by atoms with E-state index < -0.39 is 5.97 Å². The Labute approximate surface area is 118 Å². The van der Waals surface area contributed by atoms with Gasteiger partial charge in [-0.3, -0.25) is 0 Å². The van der Waals surface area contributed by atoms with Gasteiger partial charge in [0.15, 0.2) is 0 Å². The van der Waals surface area contributed by atoms with Crippen LogP contribution in [0, 0.1) is 0 Å². The van der Waals surface area contributed by atoms with E-state index in [1.807, 2.05) is 0 Å². The normalized spacial score (nSPS) is 24.2. The van der Waals surface area contributed by atoms with Crippen LogP contribution in [0.1, 0.15) is 30.1 Å². The number of rotatable bonds is 3. The minimum Gasteiger partial charge on any atom is -0.478 e. The second-order valence-electron chi connectivity index (χ2n) is 5.19. The number of nitrogens with one attached hydrogen (secondary N) is 1. The third-order valence-electron chi connectivity index (χ3n) is 3.78. The van der Waals surface area contributed by atoms with Crippen molar-refractivity contribution >= 4 is 23.3 Å². The first-order chi connectivity index (χ1) is 8.97. The van der Waals surface area contributed by atoms with Crippen LogP contribution in [0.4, 0.5) is 5.69 Å². The van der Waals surface area contributed by atoms with E-state index in [2.05, 4.69) is 24.2 Å². The van der Waals surface area contributed by atoms with Gasteiger partial charge in [0.2, 0.25) is 0 Å². The number of nitrogens with zero attached hydrogens (tertiary/aromatic N) is 1. The molecule has 1 saturated heterocycles. The number of carboxylic acids is 1. The van der Waals surface area contributed by atoms with Gasteiger partial charge in [-0.15, -0.1) is 0 Å². The third kappa shape index (κ3) is 3.39. The van der Waals surface area contributed by atoms with E-state index in [0.29, 0.717) is 22.8 Å². The van der Waals surface area contributed by atoms with Crippen LogP contribution < -0.4 is 5.32 Å². The molecule has 0 radical (unpaired) electrons. The summed E-state index contributed by atoms with van der Waals surface area (Å²) in [6.45, 7) is 3.20. The highest BCUT2D eigenvalue weighted by Gasteiger charge is 2.23. The molecule has 4 nitrogen and oxygen atoms in total. The van der Waals surface area contributed by atoms with Gasteiger partial charge in [-0.05, 0) is 45.0 Å². The minimum absolute atomic E-state index is 0.274. The van der Waals surface area contributed by atoms with E-state index in [1.165, 1.54) is 0 Å². The quantitative estimate of drug-likeness (QED) is 0.895. The van der Waals surface area contributed by atoms with Gasteiger partial charge >= 0.3 is 5.97 Å². The van der Waals surface area contributed by atoms with Crippen molar-refractivity contribution < 1.29 is 9.90 Å². The van der Waals surface area contributed by atoms with Crippen molar-refractivity contribution in [3.8, 4) is 0 Å². The van der Waals surface area contributed by atoms with E-state index in [9.17, 15) is 9.90 Å². The smallest absolute Gasteiger partial charge is 0.337 e. The Kier molecular flexibility index (Phi) is 4.32. The minimum atomic E-state index is -0.930. The molecule has 2 atom stereocenters. The summed E-state index contributed by atoms with van der Waals surface area (Å²) in [5.41, 5.74) is 0.887. The molecular weight excluding hydrogens is 264 g/mol. The maximum atomic E-state index is 11.2. The first-order valence-corrected chi connectivity index (χ1v) is 6.85. The summed E-state index contributed by atoms with van der Waals surface area (Å²) in [5.74, 6) is -0.930. The van der Waals surface area contributed by atoms with Crippen LogP contribution in [-0.4, -0.2) is 41.7 Å². The molecule has 1 aliphatic rings. The molecule has 1 aromatic carbocycles. The molecule has 0 spiro atoms. The van der Waals surface area contributed by atoms with Gasteiger partial charge in [0.25, 0.3) is 0 Å². The van der Waals surface area contributed by atoms with Crippen LogP contribution in [0.15, 0.2) is 18.2 Å². The molecule has 1 fully saturated rings. The predicted molar refractivity (Wildman–Crippen MR) is 77.1 cm³/mol. The van der Waals surface area contributed by atoms with Gasteiger partial charge in [0.1, 0.15) is 0 Å². The van der Waals surface area contributed by atoms with Gasteiger partial charge < -0.3 is 15.3 Å². The Balaban J connectivity index is 2.14. The molecule has 1 aromatic rings. The lowest BCUT2D eigenvalue weighted by atomic mass is 9.98. The third-order valence-corrected chi connectivity index (χ3v) is 4.02. The first kappa shape index (κ1) is 14.2. The number of benzene rings is 1. The lowest BCUT2D eigenvalue weighted by molar-refractivity contribution is 0.0698. The maximum Gasteiger partial charge on any atom is 0.337 e. The van der Waals surface area contributed by atoms with Crippen molar-refractivity contribution in [2.45, 2.75) is 31.8 Å². The van der Waals surface area contributed by atoms with Crippen molar-refractivity contribution in [2.24, 2.45) is 0 Å². The Morgan fingerprint density at radius 1 is 1.53 bits per heavy atom. The van der Waals surface area contributed by atoms with E-state index in [0.717, 1.165) is 19.4 Å². The van der Waals surface area contributed by atoms with E-state index in [-0.39, 0.29) is 5.56 Å². The Morgan fingerprint density at radius 3 is 2.89 bits per heavy atom. The molecule has 2 rings (SSSR count). The average Bonchev–Trinajstić information content (AvgIpc) is 2.33. The Morgan fingerprint density at radius 2 is 2.26 bits per heavy atom. The highest BCUT2D eigenvalue weighted by molar-refractivity contribution is 6.31. The number of likely N-dealkylation sites (tertiary alicyclic amines) is 1. The fourth-order valence-electron chi connectivity index (χ4n) is 2.46. The van der Waals surface area contributed by atoms with Gasteiger partial charge in [-0.2, -0.15) is 0 Å². The molecule has 0 saturated carbocycles. The summed E-state index contributed by atoms with van der Waals surface area (Å²) in [6, 6.07) is 5.63. The molecule has 2 unspecified atom stereocenters. The van der Waals surface area contributed by atoms with E-state index in [1.54, 1.807) is 18.2 Å². The molecular formula is C14H19ClN2O2. The van der Waals surface area contributed by atoms with Crippen LogP contribution in [0.3, 0.4) is 0 Å². The zero-order valence-electron chi connectivity index (χ0n) is 11.2. The standard InChI is InChI=1S/C14H19ClN2O2/c1-9-7-11(5-6-17(9)2)16-13-8-10(15)3-4-12(13)14(18)19/h3-4,8-9,11,16H,5-7H2,1-2H3,(H,18,19). The van der Waals surface area contributed by atoms with Crippen LogP contribution in [-0.2, 0) is 0 Å². The largest absolute Gasteiger partial charge is 0.478 e. The van der Waals surface area contributed by atoms with Gasteiger partial charge in [0, 0.05) is 23.7 Å². The summed E-state index contributed by atoms with van der Waals surface area (Å²) in [6.07, 6.45) is 2.01. The second kappa shape index (κ2) is 5.80. The van der Waals surface area contributed by atoms with E-state index >= 15 is 0 Å². The Hall–Kier alpha value is -1.26. The maximum absolute atomic E-state index is 11.2. The summed E-state index contributed by atoms with van der Waals surface area (Å²) < 4.78 is 0. The number of carboxylic acid groups (broad SMARTS) is 1. The summed E-state index contributed by atoms with van der Waals surface area (Å²) in [4.78, 5) is 13.5. The highest BCUT2D eigenvalue weighted by Crippen LogP contribution is 2.25. The van der Waals surface area contributed by atoms with E-state index in [4.69, 9.17) is 11.6 Å². The first-order valence-electron chi connectivity index (χ1n) is 6.47. The van der Waals surface area contributed by atoms with Crippen LogP contribution >= 0.6 is 11.6 Å². The average molecular weight is 283 g/mol. The number of anilines is 1. The topological polar surface area (TPSA) is 52.6 Å². The molecule has 104 valence electrons. The van der Waals surface area contributed by atoms with Crippen LogP contribution in [0.2, 0.25) is 5.02 Å². The molecule has 1 aliphatic heterocycles. The van der Waals surface area contributed by atoms with Crippen LogP contribution in [0.25, 0.3) is 0 Å². The Bertz CT molecular complexity index is 479. The number of aromatic carboxylic acids is 1. The molecule has 0 amide bonds. The molecule has 0 bridgehead atoms. The SMILES string of the molecule is CC1CC(Nc2cc(Cl)ccc2C(=O)O)CCN1C. The van der Waals surface area contributed by atoms with Gasteiger partial charge in [-0.25, -0.2) is 4.79 Å². The summed E-state index contributed by atoms with van der Waals surface area (Å²) in [5, 5.41) is 13.1. The van der Waals surface area contributed by atoms with Crippen molar-refractivity contribution in [1.29, 1.82) is 0 Å². The summed E-state index contributed by atoms with van der Waals surface area (Å²) >= 11 is 5.95. The van der Waals surface area contributed by atoms with Gasteiger partial charge in [-0.1, -0.05) is 11.6 Å². The predicted octanol–water partition coefficient (Wildman–Crippen LogP) is 2.93. The fraction of sp³-hybridized carbons (Fsp3) is 0.500. The molecule has 5 heteroatoms. The van der Waals surface area contributed by atoms with Crippen molar-refractivity contribution in [1.82, 2.24) is 4.90 Å². The van der Waals surface area contributed by atoms with Gasteiger partial charge in [0.05, 0.1) is 11.3 Å². The van der Waals surface area contributed by atoms with Crippen molar-refractivity contribution in [2.75, 3.05) is 18.9 Å². The molecule has 0 aromatic heterocycles. The highest BCUT2D eigenvalue weighted by atomic mass is 35.5. The number of hydrogen-bond donors (Lipinski definition) is 2. The van der Waals surface area contributed by atoms with Crippen molar-refractivity contribution in [3.63, 3.8) is 0 Å². The number of carbonyl (C=O) groups is 1. The lowest BCUT2D eigenvalue weighted by Crippen LogP contribution is -2.42. The zero-order chi connectivity index (χ0) is 14.0. The number of hydrogen-bond acceptors (Lipinski definition) is 3. The number of halogens is 1. The molecule has 2 N–H and O–H groups in total. The molecule has 1 heterocycles. The van der Waals surface area contributed by atoms with Crippen LogP contribution in [0.5, 0.6) is 0 Å². The fourth-order valence-corrected chi connectivity index (χ4v) is 2.63. The monoisotopic (exact) mass is 282 g/mol. The molecule has 0 aliphatic carbocycles. The summed E-state index contributed by atoms with van der Waals surface area (Å²) in [7, 11) is 2.11. The second-order valence-corrected chi connectivity index (χ2v) is 5.63. The van der Waals surface area contributed by atoms with Crippen molar-refractivity contribution in [3.05, 3.63) is 28.8 Å². The lowest BCUT2D eigenvalue weighted by Gasteiger charge is -2.36. The molecule has 19 heavy (non-hydrogen) atoms.